The van der Waals surface area contributed by atoms with E-state index in [0.717, 1.165) is 18.6 Å². The first kappa shape index (κ1) is 13.8. The molecular formula is C11H21NO3S. The van der Waals surface area contributed by atoms with Gasteiger partial charge in [-0.2, -0.15) is 11.8 Å². The van der Waals surface area contributed by atoms with Crippen molar-refractivity contribution in [3.63, 3.8) is 0 Å². The minimum atomic E-state index is -0.825. The molecule has 0 radical (unpaired) electrons. The highest BCUT2D eigenvalue weighted by atomic mass is 32.2. The van der Waals surface area contributed by atoms with Crippen LogP contribution in [0.5, 0.6) is 0 Å². The third kappa shape index (κ3) is 3.37. The molecule has 0 spiro atoms. The number of hydrogen-bond donors (Lipinski definition) is 2. The van der Waals surface area contributed by atoms with Crippen LogP contribution in [0, 0.1) is 11.8 Å². The van der Waals surface area contributed by atoms with Gasteiger partial charge < -0.3 is 15.6 Å². The van der Waals surface area contributed by atoms with Crippen molar-refractivity contribution in [1.82, 2.24) is 0 Å². The summed E-state index contributed by atoms with van der Waals surface area (Å²) in [7, 11) is 1.38. The van der Waals surface area contributed by atoms with Gasteiger partial charge in [-0.1, -0.05) is 6.92 Å². The summed E-state index contributed by atoms with van der Waals surface area (Å²) in [6.07, 6.45) is 2.03. The quantitative estimate of drug-likeness (QED) is 0.646. The van der Waals surface area contributed by atoms with Crippen molar-refractivity contribution in [2.75, 3.05) is 25.2 Å². The lowest BCUT2D eigenvalue weighted by Crippen LogP contribution is -2.53. The Morgan fingerprint density at radius 2 is 2.31 bits per heavy atom. The van der Waals surface area contributed by atoms with E-state index in [4.69, 9.17) is 15.6 Å². The van der Waals surface area contributed by atoms with Gasteiger partial charge in [0.25, 0.3) is 0 Å². The normalized spacial score (nSPS) is 21.2. The molecule has 2 atom stereocenters. The molecule has 0 bridgehead atoms. The van der Waals surface area contributed by atoms with E-state index < -0.39 is 5.54 Å². The number of ether oxygens (including phenoxy) is 1. The first-order chi connectivity index (χ1) is 7.54. The standard InChI is InChI=1S/C11H21NO3S/c1-8(5-13)6-16-7-11(12,9-3-4-9)10(14)15-2/h8-9,13H,3-7,12H2,1-2H3. The van der Waals surface area contributed by atoms with Gasteiger partial charge in [-0.25, -0.2) is 0 Å². The Morgan fingerprint density at radius 1 is 1.69 bits per heavy atom. The number of carbonyl (C=O) groups excluding carboxylic acids is 1. The molecule has 1 rings (SSSR count). The van der Waals surface area contributed by atoms with Crippen LogP contribution in [0.3, 0.4) is 0 Å². The number of thioether (sulfide) groups is 1. The lowest BCUT2D eigenvalue weighted by Gasteiger charge is -2.26. The number of carbonyl (C=O) groups is 1. The van der Waals surface area contributed by atoms with E-state index in [2.05, 4.69) is 0 Å². The van der Waals surface area contributed by atoms with E-state index in [9.17, 15) is 4.79 Å². The molecular weight excluding hydrogens is 226 g/mol. The summed E-state index contributed by atoms with van der Waals surface area (Å²) in [5.74, 6) is 1.61. The Kier molecular flexibility index (Phi) is 5.08. The lowest BCUT2D eigenvalue weighted by molar-refractivity contribution is -0.146. The highest BCUT2D eigenvalue weighted by molar-refractivity contribution is 7.99. The highest BCUT2D eigenvalue weighted by Crippen LogP contribution is 2.40. The Hall–Kier alpha value is -0.260. The third-order valence-corrected chi connectivity index (χ3v) is 4.41. The average molecular weight is 247 g/mol. The summed E-state index contributed by atoms with van der Waals surface area (Å²) in [5.41, 5.74) is 5.30. The molecule has 1 fully saturated rings. The van der Waals surface area contributed by atoms with Crippen LogP contribution in [0.15, 0.2) is 0 Å². The van der Waals surface area contributed by atoms with Gasteiger partial charge in [0.05, 0.1) is 7.11 Å². The number of hydrogen-bond acceptors (Lipinski definition) is 5. The molecule has 1 saturated carbocycles. The van der Waals surface area contributed by atoms with Crippen LogP contribution >= 0.6 is 11.8 Å². The molecule has 0 heterocycles. The monoisotopic (exact) mass is 247 g/mol. The van der Waals surface area contributed by atoms with E-state index in [1.54, 1.807) is 11.8 Å². The van der Waals surface area contributed by atoms with Gasteiger partial charge in [-0.15, -0.1) is 0 Å². The Bertz CT molecular complexity index is 245. The number of methoxy groups -OCH3 is 1. The zero-order chi connectivity index (χ0) is 12.2. The van der Waals surface area contributed by atoms with E-state index in [1.807, 2.05) is 6.92 Å². The van der Waals surface area contributed by atoms with Gasteiger partial charge >= 0.3 is 5.97 Å². The van der Waals surface area contributed by atoms with E-state index in [0.29, 0.717) is 5.75 Å². The fraction of sp³-hybridized carbons (Fsp3) is 0.909. The molecule has 0 aliphatic heterocycles. The summed E-state index contributed by atoms with van der Waals surface area (Å²) >= 11 is 1.62. The van der Waals surface area contributed by atoms with Gasteiger partial charge in [0, 0.05) is 12.4 Å². The Labute approximate surface area is 101 Å². The molecule has 0 saturated heterocycles. The fourth-order valence-electron chi connectivity index (χ4n) is 1.61. The molecule has 5 heteroatoms. The van der Waals surface area contributed by atoms with Crippen LogP contribution in [-0.4, -0.2) is 41.8 Å². The summed E-state index contributed by atoms with van der Waals surface area (Å²) in [4.78, 5) is 11.7. The van der Waals surface area contributed by atoms with Gasteiger partial charge in [0.1, 0.15) is 5.54 Å². The minimum Gasteiger partial charge on any atom is -0.468 e. The molecule has 16 heavy (non-hydrogen) atoms. The van der Waals surface area contributed by atoms with Crippen molar-refractivity contribution >= 4 is 17.7 Å². The molecule has 1 aliphatic carbocycles. The predicted octanol–water partition coefficient (Wildman–Crippen LogP) is 0.628. The zero-order valence-electron chi connectivity index (χ0n) is 9.94. The van der Waals surface area contributed by atoms with Crippen LogP contribution in [0.4, 0.5) is 0 Å². The van der Waals surface area contributed by atoms with Crippen molar-refractivity contribution in [3.05, 3.63) is 0 Å². The Morgan fingerprint density at radius 3 is 2.75 bits per heavy atom. The van der Waals surface area contributed by atoms with E-state index in [-0.39, 0.29) is 24.4 Å². The fourth-order valence-corrected chi connectivity index (χ4v) is 2.93. The van der Waals surface area contributed by atoms with Crippen molar-refractivity contribution in [3.8, 4) is 0 Å². The summed E-state index contributed by atoms with van der Waals surface area (Å²) < 4.78 is 4.77. The summed E-state index contributed by atoms with van der Waals surface area (Å²) in [5, 5.41) is 8.90. The first-order valence-electron chi connectivity index (χ1n) is 5.60. The maximum Gasteiger partial charge on any atom is 0.326 e. The van der Waals surface area contributed by atoms with Crippen LogP contribution in [0.25, 0.3) is 0 Å². The summed E-state index contributed by atoms with van der Waals surface area (Å²) in [6, 6.07) is 0. The molecule has 0 aromatic carbocycles. The smallest absolute Gasteiger partial charge is 0.326 e. The number of nitrogens with two attached hydrogens (primary N) is 1. The van der Waals surface area contributed by atoms with Crippen molar-refractivity contribution in [2.24, 2.45) is 17.6 Å². The maximum absolute atomic E-state index is 11.7. The van der Waals surface area contributed by atoms with Crippen LogP contribution in [0.1, 0.15) is 19.8 Å². The number of aliphatic hydroxyl groups excluding tert-OH is 1. The lowest BCUT2D eigenvalue weighted by atomic mass is 9.97. The first-order valence-corrected chi connectivity index (χ1v) is 6.76. The largest absolute Gasteiger partial charge is 0.468 e. The minimum absolute atomic E-state index is 0.173. The van der Waals surface area contributed by atoms with Crippen LogP contribution < -0.4 is 5.73 Å². The van der Waals surface area contributed by atoms with Gasteiger partial charge in [-0.3, -0.25) is 4.79 Å². The van der Waals surface area contributed by atoms with Gasteiger partial charge in [0.15, 0.2) is 0 Å². The third-order valence-electron chi connectivity index (χ3n) is 2.93. The van der Waals surface area contributed by atoms with Crippen LogP contribution in [0.2, 0.25) is 0 Å². The van der Waals surface area contributed by atoms with Gasteiger partial charge in [0.2, 0.25) is 0 Å². The number of aliphatic hydroxyl groups is 1. The molecule has 0 aromatic rings. The zero-order valence-corrected chi connectivity index (χ0v) is 10.8. The van der Waals surface area contributed by atoms with Crippen LogP contribution in [-0.2, 0) is 9.53 Å². The number of esters is 1. The highest BCUT2D eigenvalue weighted by Gasteiger charge is 2.48. The van der Waals surface area contributed by atoms with E-state index in [1.165, 1.54) is 7.11 Å². The van der Waals surface area contributed by atoms with Crippen molar-refractivity contribution in [2.45, 2.75) is 25.3 Å². The molecule has 2 unspecified atom stereocenters. The second kappa shape index (κ2) is 5.89. The molecule has 3 N–H and O–H groups in total. The second-order valence-electron chi connectivity index (χ2n) is 4.61. The molecule has 94 valence electrons. The Balaban J connectivity index is 2.42. The second-order valence-corrected chi connectivity index (χ2v) is 5.64. The molecule has 0 aromatic heterocycles. The van der Waals surface area contributed by atoms with Crippen molar-refractivity contribution < 1.29 is 14.6 Å². The SMILES string of the molecule is COC(=O)C(N)(CSCC(C)CO)C1CC1. The summed E-state index contributed by atoms with van der Waals surface area (Å²) in [6.45, 7) is 2.15. The van der Waals surface area contributed by atoms with Gasteiger partial charge in [-0.05, 0) is 30.4 Å². The predicted molar refractivity (Wildman–Crippen MR) is 65.2 cm³/mol. The maximum atomic E-state index is 11.7. The molecule has 0 amide bonds. The average Bonchev–Trinajstić information content (AvgIpc) is 3.11. The molecule has 1 aliphatic rings. The number of rotatable bonds is 7. The van der Waals surface area contributed by atoms with Crippen molar-refractivity contribution in [1.29, 1.82) is 0 Å². The molecule has 4 nitrogen and oxygen atoms in total. The topological polar surface area (TPSA) is 72.5 Å². The van der Waals surface area contributed by atoms with E-state index >= 15 is 0 Å².